The molecule has 0 fully saturated rings. The predicted octanol–water partition coefficient (Wildman–Crippen LogP) is 4.64. The summed E-state index contributed by atoms with van der Waals surface area (Å²) in [6.07, 6.45) is 1.92. The Kier molecular flexibility index (Phi) is 5.80. The molecule has 2 aromatic rings. The second-order valence-corrected chi connectivity index (χ2v) is 6.15. The molecule has 0 aliphatic heterocycles. The van der Waals surface area contributed by atoms with E-state index in [1.165, 1.54) is 5.56 Å². The average Bonchev–Trinajstić information content (AvgIpc) is 2.59. The van der Waals surface area contributed by atoms with Crippen LogP contribution in [-0.2, 0) is 5.41 Å². The number of carbonyl (C=O) groups excluding carboxylic acids is 1. The first-order chi connectivity index (χ1) is 11.0. The molecule has 0 aliphatic rings. The standard InChI is InChI=1S/C20H24O3/c1-4-20(2,3)17-7-11-19(12-8-17)23-14-13-22-18-9-5-16(15-21)6-10-18/h5-12,15H,4,13-14H2,1-3H3. The highest BCUT2D eigenvalue weighted by Gasteiger charge is 2.17. The van der Waals surface area contributed by atoms with Crippen molar-refractivity contribution in [3.05, 3.63) is 59.7 Å². The van der Waals surface area contributed by atoms with Gasteiger partial charge in [0.25, 0.3) is 0 Å². The first-order valence-corrected chi connectivity index (χ1v) is 7.96. The monoisotopic (exact) mass is 312 g/mol. The van der Waals surface area contributed by atoms with E-state index >= 15 is 0 Å². The SMILES string of the molecule is CCC(C)(C)c1ccc(OCCOc2ccc(C=O)cc2)cc1. The van der Waals surface area contributed by atoms with Gasteiger partial charge in [-0.25, -0.2) is 0 Å². The molecule has 3 heteroatoms. The maximum Gasteiger partial charge on any atom is 0.150 e. The lowest BCUT2D eigenvalue weighted by atomic mass is 9.82. The van der Waals surface area contributed by atoms with Crippen molar-refractivity contribution in [1.29, 1.82) is 0 Å². The number of aldehydes is 1. The Morgan fingerprint density at radius 3 is 1.78 bits per heavy atom. The van der Waals surface area contributed by atoms with E-state index < -0.39 is 0 Å². The highest BCUT2D eigenvalue weighted by atomic mass is 16.5. The van der Waals surface area contributed by atoms with E-state index in [-0.39, 0.29) is 5.41 Å². The van der Waals surface area contributed by atoms with Crippen LogP contribution in [0.15, 0.2) is 48.5 Å². The molecule has 0 saturated heterocycles. The molecule has 2 aromatic carbocycles. The summed E-state index contributed by atoms with van der Waals surface area (Å²) in [5.74, 6) is 1.58. The fourth-order valence-electron chi connectivity index (χ4n) is 2.17. The number of ether oxygens (including phenoxy) is 2. The van der Waals surface area contributed by atoms with Crippen LogP contribution in [0.1, 0.15) is 43.1 Å². The molecule has 0 aromatic heterocycles. The zero-order valence-corrected chi connectivity index (χ0v) is 14.0. The summed E-state index contributed by atoms with van der Waals surface area (Å²) in [7, 11) is 0. The van der Waals surface area contributed by atoms with Crippen LogP contribution in [-0.4, -0.2) is 19.5 Å². The minimum Gasteiger partial charge on any atom is -0.490 e. The van der Waals surface area contributed by atoms with Crippen molar-refractivity contribution < 1.29 is 14.3 Å². The molecular formula is C20H24O3. The third kappa shape index (κ3) is 4.85. The zero-order valence-electron chi connectivity index (χ0n) is 14.0. The molecule has 0 saturated carbocycles. The lowest BCUT2D eigenvalue weighted by Crippen LogP contribution is -2.15. The second-order valence-electron chi connectivity index (χ2n) is 6.15. The van der Waals surface area contributed by atoms with Crippen molar-refractivity contribution in [2.45, 2.75) is 32.6 Å². The van der Waals surface area contributed by atoms with Gasteiger partial charge in [0.1, 0.15) is 31.0 Å². The van der Waals surface area contributed by atoms with Gasteiger partial charge in [-0.05, 0) is 53.8 Å². The molecule has 0 radical (unpaired) electrons. The van der Waals surface area contributed by atoms with E-state index in [1.807, 2.05) is 12.1 Å². The first-order valence-electron chi connectivity index (χ1n) is 7.96. The molecule has 23 heavy (non-hydrogen) atoms. The Labute approximate surface area is 138 Å². The predicted molar refractivity (Wildman–Crippen MR) is 92.6 cm³/mol. The number of hydrogen-bond donors (Lipinski definition) is 0. The van der Waals surface area contributed by atoms with Gasteiger partial charge in [-0.2, -0.15) is 0 Å². The first kappa shape index (κ1) is 17.1. The van der Waals surface area contributed by atoms with Gasteiger partial charge < -0.3 is 9.47 Å². The summed E-state index contributed by atoms with van der Waals surface area (Å²) in [5.41, 5.74) is 2.15. The normalized spacial score (nSPS) is 11.1. The van der Waals surface area contributed by atoms with Gasteiger partial charge in [0.15, 0.2) is 0 Å². The zero-order chi connectivity index (χ0) is 16.7. The lowest BCUT2D eigenvalue weighted by molar-refractivity contribution is 0.112. The second kappa shape index (κ2) is 7.82. The fourth-order valence-corrected chi connectivity index (χ4v) is 2.17. The molecule has 0 amide bonds. The Morgan fingerprint density at radius 2 is 1.35 bits per heavy atom. The number of rotatable bonds is 8. The molecular weight excluding hydrogens is 288 g/mol. The van der Waals surface area contributed by atoms with Gasteiger partial charge in [-0.3, -0.25) is 4.79 Å². The molecule has 0 heterocycles. The molecule has 0 unspecified atom stereocenters. The summed E-state index contributed by atoms with van der Waals surface area (Å²) in [5, 5.41) is 0. The molecule has 3 nitrogen and oxygen atoms in total. The Hall–Kier alpha value is -2.29. The Balaban J connectivity index is 1.78. The van der Waals surface area contributed by atoms with E-state index in [2.05, 4.69) is 32.9 Å². The summed E-state index contributed by atoms with van der Waals surface area (Å²) < 4.78 is 11.3. The van der Waals surface area contributed by atoms with Crippen LogP contribution in [0.2, 0.25) is 0 Å². The van der Waals surface area contributed by atoms with Gasteiger partial charge >= 0.3 is 0 Å². The molecule has 0 bridgehead atoms. The highest BCUT2D eigenvalue weighted by molar-refractivity contribution is 5.74. The smallest absolute Gasteiger partial charge is 0.150 e. The summed E-state index contributed by atoms with van der Waals surface area (Å²) in [4.78, 5) is 10.6. The largest absolute Gasteiger partial charge is 0.490 e. The van der Waals surface area contributed by atoms with E-state index in [4.69, 9.17) is 9.47 Å². The Morgan fingerprint density at radius 1 is 0.870 bits per heavy atom. The summed E-state index contributed by atoms with van der Waals surface area (Å²) in [6, 6.07) is 15.3. The maximum atomic E-state index is 10.6. The lowest BCUT2D eigenvalue weighted by Gasteiger charge is -2.23. The van der Waals surface area contributed by atoms with Crippen molar-refractivity contribution in [1.82, 2.24) is 0 Å². The van der Waals surface area contributed by atoms with Crippen molar-refractivity contribution in [3.8, 4) is 11.5 Å². The molecule has 0 spiro atoms. The van der Waals surface area contributed by atoms with E-state index in [0.717, 1.165) is 24.2 Å². The quantitative estimate of drug-likeness (QED) is 0.526. The molecule has 0 atom stereocenters. The van der Waals surface area contributed by atoms with Crippen LogP contribution in [0.4, 0.5) is 0 Å². The molecule has 2 rings (SSSR count). The van der Waals surface area contributed by atoms with E-state index in [9.17, 15) is 4.79 Å². The van der Waals surface area contributed by atoms with Crippen molar-refractivity contribution in [2.24, 2.45) is 0 Å². The van der Waals surface area contributed by atoms with Crippen LogP contribution >= 0.6 is 0 Å². The molecule has 122 valence electrons. The highest BCUT2D eigenvalue weighted by Crippen LogP contribution is 2.28. The third-order valence-corrected chi connectivity index (χ3v) is 4.16. The molecule has 0 N–H and O–H groups in total. The van der Waals surface area contributed by atoms with Crippen LogP contribution in [0.5, 0.6) is 11.5 Å². The summed E-state index contributed by atoms with van der Waals surface area (Å²) in [6.45, 7) is 7.62. The van der Waals surface area contributed by atoms with Gasteiger partial charge in [0.2, 0.25) is 0 Å². The number of benzene rings is 2. The van der Waals surface area contributed by atoms with Gasteiger partial charge in [0.05, 0.1) is 0 Å². The third-order valence-electron chi connectivity index (χ3n) is 4.16. The average molecular weight is 312 g/mol. The number of carbonyl (C=O) groups is 1. The fraction of sp³-hybridized carbons (Fsp3) is 0.350. The van der Waals surface area contributed by atoms with Crippen molar-refractivity contribution in [3.63, 3.8) is 0 Å². The minimum atomic E-state index is 0.190. The van der Waals surface area contributed by atoms with E-state index in [0.29, 0.717) is 18.8 Å². The van der Waals surface area contributed by atoms with Crippen LogP contribution in [0.3, 0.4) is 0 Å². The van der Waals surface area contributed by atoms with Crippen molar-refractivity contribution >= 4 is 6.29 Å². The van der Waals surface area contributed by atoms with Crippen LogP contribution in [0.25, 0.3) is 0 Å². The van der Waals surface area contributed by atoms with Crippen LogP contribution < -0.4 is 9.47 Å². The number of hydrogen-bond acceptors (Lipinski definition) is 3. The minimum absolute atomic E-state index is 0.190. The topological polar surface area (TPSA) is 35.5 Å². The van der Waals surface area contributed by atoms with Gasteiger partial charge in [-0.1, -0.05) is 32.9 Å². The van der Waals surface area contributed by atoms with Crippen molar-refractivity contribution in [2.75, 3.05) is 13.2 Å². The van der Waals surface area contributed by atoms with Gasteiger partial charge in [0, 0.05) is 5.56 Å². The maximum absolute atomic E-state index is 10.6. The van der Waals surface area contributed by atoms with E-state index in [1.54, 1.807) is 24.3 Å². The van der Waals surface area contributed by atoms with Crippen LogP contribution in [0, 0.1) is 0 Å². The van der Waals surface area contributed by atoms with Gasteiger partial charge in [-0.15, -0.1) is 0 Å². The molecule has 0 aliphatic carbocycles. The Bertz CT molecular complexity index is 612. The summed E-state index contributed by atoms with van der Waals surface area (Å²) >= 11 is 0.